The van der Waals surface area contributed by atoms with Gasteiger partial charge in [0.2, 0.25) is 15.9 Å². The van der Waals surface area contributed by atoms with Crippen LogP contribution in [0, 0.1) is 5.82 Å². The Morgan fingerprint density at radius 1 is 1.06 bits per heavy atom. The Bertz CT molecular complexity index is 1350. The number of halogens is 5. The van der Waals surface area contributed by atoms with E-state index in [-0.39, 0.29) is 29.2 Å². The molecule has 1 amide bonds. The molecule has 36 heavy (non-hydrogen) atoms. The number of aromatic nitrogens is 3. The number of alkyl halides is 4. The predicted molar refractivity (Wildman–Crippen MR) is 116 cm³/mol. The van der Waals surface area contributed by atoms with E-state index in [0.717, 1.165) is 34.8 Å². The first-order valence-electron chi connectivity index (χ1n) is 10.5. The average Bonchev–Trinajstić information content (AvgIpc) is 3.25. The SMILES string of the molecule is O=C(NCc1ccnc(-c2cnc(C(F)(F)F)cn2)c1)[C@@H]1C[C@@H](F)CN1S(=O)(=O)c1ccc(F)cc1. The molecule has 8 nitrogen and oxygen atoms in total. The molecule has 14 heteroatoms. The van der Waals surface area contributed by atoms with Gasteiger partial charge in [-0.25, -0.2) is 22.2 Å². The summed E-state index contributed by atoms with van der Waals surface area (Å²) < 4.78 is 92.0. The van der Waals surface area contributed by atoms with Crippen LogP contribution in [-0.2, 0) is 27.5 Å². The highest BCUT2D eigenvalue weighted by atomic mass is 32.2. The lowest BCUT2D eigenvalue weighted by molar-refractivity contribution is -0.141. The van der Waals surface area contributed by atoms with Gasteiger partial charge < -0.3 is 5.32 Å². The van der Waals surface area contributed by atoms with Crippen LogP contribution in [0.3, 0.4) is 0 Å². The molecule has 1 N–H and O–H groups in total. The largest absolute Gasteiger partial charge is 0.434 e. The van der Waals surface area contributed by atoms with E-state index in [1.807, 2.05) is 0 Å². The minimum Gasteiger partial charge on any atom is -0.351 e. The van der Waals surface area contributed by atoms with Gasteiger partial charge in [-0.1, -0.05) is 0 Å². The summed E-state index contributed by atoms with van der Waals surface area (Å²) in [6.07, 6.45) is -3.70. The van der Waals surface area contributed by atoms with Crippen molar-refractivity contribution in [1.82, 2.24) is 24.6 Å². The summed E-state index contributed by atoms with van der Waals surface area (Å²) in [5.41, 5.74) is -0.396. The molecule has 1 aliphatic rings. The van der Waals surface area contributed by atoms with E-state index in [1.165, 1.54) is 18.3 Å². The predicted octanol–water partition coefficient (Wildman–Crippen LogP) is 3.11. The molecule has 1 aliphatic heterocycles. The normalized spacial score (nSPS) is 18.8. The number of hydrogen-bond donors (Lipinski definition) is 1. The molecular formula is C22H18F5N5O3S. The third-order valence-electron chi connectivity index (χ3n) is 5.42. The zero-order valence-corrected chi connectivity index (χ0v) is 19.1. The van der Waals surface area contributed by atoms with Crippen molar-refractivity contribution in [1.29, 1.82) is 0 Å². The fraction of sp³-hybridized carbons (Fsp3) is 0.273. The number of nitrogens with zero attached hydrogens (tertiary/aromatic N) is 4. The van der Waals surface area contributed by atoms with E-state index in [1.54, 1.807) is 0 Å². The van der Waals surface area contributed by atoms with Gasteiger partial charge in [0.1, 0.15) is 23.7 Å². The number of nitrogens with one attached hydrogen (secondary N) is 1. The number of sulfonamides is 1. The van der Waals surface area contributed by atoms with Gasteiger partial charge in [0.05, 0.1) is 23.0 Å². The molecule has 190 valence electrons. The number of pyridine rings is 1. The first-order valence-corrected chi connectivity index (χ1v) is 11.9. The maximum Gasteiger partial charge on any atom is 0.434 e. The molecule has 3 aromatic rings. The smallest absolute Gasteiger partial charge is 0.351 e. The monoisotopic (exact) mass is 527 g/mol. The maximum absolute atomic E-state index is 14.2. The van der Waals surface area contributed by atoms with Gasteiger partial charge in [0.25, 0.3) is 0 Å². The number of carbonyl (C=O) groups excluding carboxylic acids is 1. The molecule has 3 heterocycles. The standard InChI is InChI=1S/C22H18F5N5O3S/c23-14-1-3-16(4-2-14)36(34,35)32-12-15(24)8-19(32)21(33)31-9-13-5-6-28-17(7-13)18-10-30-20(11-29-18)22(25,26)27/h1-7,10-11,15,19H,8-9,12H2,(H,31,33)/t15-,19+/m1/s1. The zero-order valence-electron chi connectivity index (χ0n) is 18.3. The Morgan fingerprint density at radius 2 is 1.78 bits per heavy atom. The van der Waals surface area contributed by atoms with E-state index in [0.29, 0.717) is 11.8 Å². The van der Waals surface area contributed by atoms with Crippen LogP contribution in [0.1, 0.15) is 17.7 Å². The summed E-state index contributed by atoms with van der Waals surface area (Å²) in [5.74, 6) is -1.39. The fourth-order valence-corrected chi connectivity index (χ4v) is 5.27. The van der Waals surface area contributed by atoms with Gasteiger partial charge in [-0.15, -0.1) is 0 Å². The van der Waals surface area contributed by atoms with Crippen molar-refractivity contribution >= 4 is 15.9 Å². The molecule has 4 rings (SSSR count). The first-order chi connectivity index (χ1) is 16.9. The van der Waals surface area contributed by atoms with Crippen LogP contribution in [0.5, 0.6) is 0 Å². The molecule has 0 saturated carbocycles. The quantitative estimate of drug-likeness (QED) is 0.494. The minimum absolute atomic E-state index is 0.0730. The highest BCUT2D eigenvalue weighted by molar-refractivity contribution is 7.89. The van der Waals surface area contributed by atoms with Crippen LogP contribution in [0.15, 0.2) is 59.9 Å². The second-order valence-electron chi connectivity index (χ2n) is 7.93. The van der Waals surface area contributed by atoms with Crippen molar-refractivity contribution in [3.63, 3.8) is 0 Å². The van der Waals surface area contributed by atoms with E-state index in [4.69, 9.17) is 0 Å². The molecule has 2 aromatic heterocycles. The van der Waals surface area contributed by atoms with E-state index in [2.05, 4.69) is 20.3 Å². The first kappa shape index (κ1) is 25.6. The summed E-state index contributed by atoms with van der Waals surface area (Å²) in [6.45, 7) is -0.621. The van der Waals surface area contributed by atoms with Crippen molar-refractivity contribution in [2.24, 2.45) is 0 Å². The third-order valence-corrected chi connectivity index (χ3v) is 7.31. The topological polar surface area (TPSA) is 105 Å². The van der Waals surface area contributed by atoms with Gasteiger partial charge in [-0.2, -0.15) is 17.5 Å². The molecule has 2 atom stereocenters. The molecule has 0 aliphatic carbocycles. The van der Waals surface area contributed by atoms with Crippen LogP contribution in [0.4, 0.5) is 22.0 Å². The van der Waals surface area contributed by atoms with Crippen molar-refractivity contribution in [2.75, 3.05) is 6.54 Å². The number of hydrogen-bond acceptors (Lipinski definition) is 6. The van der Waals surface area contributed by atoms with E-state index in [9.17, 15) is 35.2 Å². The molecule has 1 saturated heterocycles. The molecule has 0 radical (unpaired) electrons. The van der Waals surface area contributed by atoms with Gasteiger partial charge in [-0.05, 0) is 42.0 Å². The highest BCUT2D eigenvalue weighted by Gasteiger charge is 2.44. The molecular weight excluding hydrogens is 509 g/mol. The van der Waals surface area contributed by atoms with Gasteiger partial charge in [0, 0.05) is 25.7 Å². The molecule has 1 aromatic carbocycles. The summed E-state index contributed by atoms with van der Waals surface area (Å²) in [6, 6.07) is 5.65. The highest BCUT2D eigenvalue weighted by Crippen LogP contribution is 2.29. The van der Waals surface area contributed by atoms with Crippen molar-refractivity contribution in [2.45, 2.75) is 36.3 Å². The lowest BCUT2D eigenvalue weighted by Gasteiger charge is -2.23. The Labute approximate surface area is 202 Å². The zero-order chi connectivity index (χ0) is 26.1. The molecule has 0 bridgehead atoms. The average molecular weight is 527 g/mol. The second kappa shape index (κ2) is 9.85. The van der Waals surface area contributed by atoms with Crippen LogP contribution < -0.4 is 5.32 Å². The van der Waals surface area contributed by atoms with Gasteiger partial charge >= 0.3 is 6.18 Å². The van der Waals surface area contributed by atoms with Gasteiger partial charge in [0.15, 0.2) is 5.69 Å². The van der Waals surface area contributed by atoms with E-state index < -0.39 is 52.4 Å². The van der Waals surface area contributed by atoms with Crippen molar-refractivity contribution in [3.8, 4) is 11.4 Å². The lowest BCUT2D eigenvalue weighted by Crippen LogP contribution is -2.45. The number of carbonyl (C=O) groups is 1. The number of rotatable bonds is 6. The third kappa shape index (κ3) is 5.49. The van der Waals surface area contributed by atoms with Crippen LogP contribution in [-0.4, -0.2) is 52.3 Å². The Morgan fingerprint density at radius 3 is 2.42 bits per heavy atom. The van der Waals surface area contributed by atoms with Gasteiger partial charge in [-0.3, -0.25) is 14.8 Å². The molecule has 0 spiro atoms. The molecule has 0 unspecified atom stereocenters. The van der Waals surface area contributed by atoms with Crippen LogP contribution in [0.25, 0.3) is 11.4 Å². The molecule has 1 fully saturated rings. The van der Waals surface area contributed by atoms with E-state index >= 15 is 0 Å². The van der Waals surface area contributed by atoms with Crippen molar-refractivity contribution in [3.05, 3.63) is 72.1 Å². The summed E-state index contributed by atoms with van der Waals surface area (Å²) in [7, 11) is -4.26. The minimum atomic E-state index is -4.64. The lowest BCUT2D eigenvalue weighted by atomic mass is 10.1. The Balaban J connectivity index is 1.46. The Hall–Kier alpha value is -3.52. The fourth-order valence-electron chi connectivity index (χ4n) is 3.64. The second-order valence-corrected chi connectivity index (χ2v) is 9.82. The summed E-state index contributed by atoms with van der Waals surface area (Å²) in [5, 5.41) is 2.55. The van der Waals surface area contributed by atoms with Crippen LogP contribution in [0.2, 0.25) is 0 Å². The summed E-state index contributed by atoms with van der Waals surface area (Å²) >= 11 is 0. The number of benzene rings is 1. The Kier molecular flexibility index (Phi) is 7.00. The van der Waals surface area contributed by atoms with Crippen LogP contribution >= 0.6 is 0 Å². The maximum atomic E-state index is 14.2. The summed E-state index contributed by atoms with van der Waals surface area (Å²) in [4.78, 5) is 23.6. The number of amides is 1. The van der Waals surface area contributed by atoms with Crippen molar-refractivity contribution < 1.29 is 35.2 Å².